The van der Waals surface area contributed by atoms with Crippen LogP contribution in [0.3, 0.4) is 0 Å². The van der Waals surface area contributed by atoms with E-state index in [2.05, 4.69) is 32.9 Å². The van der Waals surface area contributed by atoms with E-state index in [9.17, 15) is 0 Å². The van der Waals surface area contributed by atoms with Crippen molar-refractivity contribution in [3.05, 3.63) is 83.8 Å². The maximum atomic E-state index is 6.13. The number of aryl methyl sites for hydroxylation is 2. The van der Waals surface area contributed by atoms with Crippen LogP contribution in [0, 0.1) is 13.8 Å². The number of methoxy groups -OCH3 is 1. The predicted octanol–water partition coefficient (Wildman–Crippen LogP) is 6.50. The Labute approximate surface area is 211 Å². The Morgan fingerprint density at radius 1 is 0.917 bits per heavy atom. The van der Waals surface area contributed by atoms with E-state index in [0.717, 1.165) is 65.8 Å². The lowest BCUT2D eigenvalue weighted by molar-refractivity contribution is 0.302. The topological polar surface area (TPSA) is 85.8 Å². The van der Waals surface area contributed by atoms with E-state index in [0.29, 0.717) is 12.5 Å². The van der Waals surface area contributed by atoms with Gasteiger partial charge in [-0.3, -0.25) is 0 Å². The number of nitrogens with zero attached hydrogens (tertiary/aromatic N) is 4. The molecule has 0 aliphatic rings. The number of rotatable bonds is 6. The predicted molar refractivity (Wildman–Crippen MR) is 143 cm³/mol. The summed E-state index contributed by atoms with van der Waals surface area (Å²) in [6.07, 6.45) is 3.46. The third-order valence-electron chi connectivity index (χ3n) is 5.94. The maximum Gasteiger partial charge on any atom is 0.232 e. The highest BCUT2D eigenvalue weighted by Gasteiger charge is 2.15. The van der Waals surface area contributed by atoms with E-state index in [4.69, 9.17) is 14.5 Å². The van der Waals surface area contributed by atoms with Gasteiger partial charge in [-0.1, -0.05) is 30.3 Å². The van der Waals surface area contributed by atoms with Gasteiger partial charge in [-0.25, -0.2) is 19.9 Å². The monoisotopic (exact) mass is 493 g/mol. The first-order chi connectivity index (χ1) is 17.6. The van der Waals surface area contributed by atoms with Gasteiger partial charge in [0.05, 0.1) is 46.4 Å². The first kappa shape index (κ1) is 22.2. The molecule has 6 rings (SSSR count). The van der Waals surface area contributed by atoms with Gasteiger partial charge in [-0.2, -0.15) is 0 Å². The van der Waals surface area contributed by atoms with Gasteiger partial charge >= 0.3 is 0 Å². The molecule has 3 aromatic heterocycles. The Hall–Kier alpha value is -4.30. The van der Waals surface area contributed by atoms with Crippen molar-refractivity contribution in [3.63, 3.8) is 0 Å². The second kappa shape index (κ2) is 9.05. The molecule has 178 valence electrons. The van der Waals surface area contributed by atoms with Gasteiger partial charge in [0.2, 0.25) is 5.88 Å². The molecule has 0 aliphatic heterocycles. The second-order valence-corrected chi connectivity index (χ2v) is 9.64. The summed E-state index contributed by atoms with van der Waals surface area (Å²) >= 11 is 1.62. The van der Waals surface area contributed by atoms with E-state index >= 15 is 0 Å². The number of thiazole rings is 1. The van der Waals surface area contributed by atoms with Crippen molar-refractivity contribution in [2.24, 2.45) is 0 Å². The molecular formula is C28H23N5O2S. The number of imidazole rings is 1. The summed E-state index contributed by atoms with van der Waals surface area (Å²) in [6.45, 7) is 4.51. The van der Waals surface area contributed by atoms with Gasteiger partial charge in [0.1, 0.15) is 23.2 Å². The number of aromatic nitrogens is 5. The molecule has 1 N–H and O–H groups in total. The van der Waals surface area contributed by atoms with E-state index in [1.165, 1.54) is 0 Å². The number of aromatic amines is 1. The SMILES string of the molecule is COc1cnc2c(-c3nc4c(C)cc(OCc5cnc(-c6ccccc6)[nH]5)cc4s3)cc(C)cc2n1. The van der Waals surface area contributed by atoms with Crippen molar-refractivity contribution in [2.45, 2.75) is 20.5 Å². The average molecular weight is 494 g/mol. The Balaban J connectivity index is 1.30. The fraction of sp³-hybridized carbons (Fsp3) is 0.143. The van der Waals surface area contributed by atoms with Crippen LogP contribution in [0.15, 0.2) is 67.0 Å². The third-order valence-corrected chi connectivity index (χ3v) is 6.97. The normalized spacial score (nSPS) is 11.3. The molecule has 0 aliphatic carbocycles. The average Bonchev–Trinajstić information content (AvgIpc) is 3.55. The zero-order chi connectivity index (χ0) is 24.6. The Morgan fingerprint density at radius 3 is 2.61 bits per heavy atom. The largest absolute Gasteiger partial charge is 0.487 e. The molecule has 0 saturated carbocycles. The van der Waals surface area contributed by atoms with E-state index in [1.54, 1.807) is 24.6 Å². The van der Waals surface area contributed by atoms with E-state index < -0.39 is 0 Å². The lowest BCUT2D eigenvalue weighted by Gasteiger charge is -2.06. The van der Waals surface area contributed by atoms with Crippen LogP contribution in [-0.4, -0.2) is 32.0 Å². The van der Waals surface area contributed by atoms with Crippen molar-refractivity contribution < 1.29 is 9.47 Å². The standard InChI is InChI=1S/C28H23N5O2S/c1-16-9-21(26-22(10-16)32-24(34-3)14-29-26)28-33-25-17(2)11-20(12-23(25)36-28)35-15-19-13-30-27(31-19)18-7-5-4-6-8-18/h4-14H,15H2,1-3H3,(H,30,31). The summed E-state index contributed by atoms with van der Waals surface area (Å²) in [6, 6.07) is 18.2. The highest BCUT2D eigenvalue weighted by molar-refractivity contribution is 7.21. The smallest absolute Gasteiger partial charge is 0.232 e. The van der Waals surface area contributed by atoms with Gasteiger partial charge in [0.25, 0.3) is 0 Å². The minimum absolute atomic E-state index is 0.399. The molecule has 0 radical (unpaired) electrons. The lowest BCUT2D eigenvalue weighted by atomic mass is 10.1. The van der Waals surface area contributed by atoms with Crippen LogP contribution in [0.25, 0.3) is 43.2 Å². The summed E-state index contributed by atoms with van der Waals surface area (Å²) in [5, 5.41) is 0.902. The van der Waals surface area contributed by atoms with Crippen LogP contribution >= 0.6 is 11.3 Å². The fourth-order valence-electron chi connectivity index (χ4n) is 4.21. The van der Waals surface area contributed by atoms with Crippen LogP contribution < -0.4 is 9.47 Å². The minimum Gasteiger partial charge on any atom is -0.487 e. The number of ether oxygens (including phenoxy) is 2. The van der Waals surface area contributed by atoms with Crippen molar-refractivity contribution in [1.29, 1.82) is 0 Å². The molecule has 36 heavy (non-hydrogen) atoms. The van der Waals surface area contributed by atoms with Crippen LogP contribution in [0.5, 0.6) is 11.6 Å². The first-order valence-electron chi connectivity index (χ1n) is 11.5. The zero-order valence-corrected chi connectivity index (χ0v) is 20.9. The van der Waals surface area contributed by atoms with Gasteiger partial charge < -0.3 is 14.5 Å². The molecule has 3 aromatic carbocycles. The number of benzene rings is 3. The van der Waals surface area contributed by atoms with Gasteiger partial charge in [0.15, 0.2) is 0 Å². The molecule has 3 heterocycles. The van der Waals surface area contributed by atoms with Crippen LogP contribution in [-0.2, 0) is 6.61 Å². The molecule has 0 unspecified atom stereocenters. The first-order valence-corrected chi connectivity index (χ1v) is 12.3. The molecule has 0 amide bonds. The molecule has 0 atom stereocenters. The summed E-state index contributed by atoms with van der Waals surface area (Å²) in [5.41, 5.74) is 7.64. The van der Waals surface area contributed by atoms with Crippen molar-refractivity contribution in [3.8, 4) is 33.6 Å². The number of hydrogen-bond acceptors (Lipinski definition) is 7. The Kier molecular flexibility index (Phi) is 5.58. The maximum absolute atomic E-state index is 6.13. The van der Waals surface area contributed by atoms with Crippen LogP contribution in [0.4, 0.5) is 0 Å². The van der Waals surface area contributed by atoms with Crippen LogP contribution in [0.2, 0.25) is 0 Å². The molecule has 0 fully saturated rings. The molecular weight excluding hydrogens is 470 g/mol. The molecule has 7 nitrogen and oxygen atoms in total. The van der Waals surface area contributed by atoms with Gasteiger partial charge in [-0.05, 0) is 49.2 Å². The lowest BCUT2D eigenvalue weighted by Crippen LogP contribution is -1.96. The number of nitrogens with one attached hydrogen (secondary N) is 1. The second-order valence-electron chi connectivity index (χ2n) is 8.61. The molecule has 0 bridgehead atoms. The van der Waals surface area contributed by atoms with Crippen molar-refractivity contribution in [2.75, 3.05) is 7.11 Å². The number of hydrogen-bond donors (Lipinski definition) is 1. The summed E-state index contributed by atoms with van der Waals surface area (Å²) in [5.74, 6) is 2.12. The quantitative estimate of drug-likeness (QED) is 0.285. The summed E-state index contributed by atoms with van der Waals surface area (Å²) in [4.78, 5) is 22.0. The summed E-state index contributed by atoms with van der Waals surface area (Å²) < 4.78 is 12.4. The number of fused-ring (bicyclic) bond motifs is 2. The molecule has 0 saturated heterocycles. The summed E-state index contributed by atoms with van der Waals surface area (Å²) in [7, 11) is 1.59. The fourth-order valence-corrected chi connectivity index (χ4v) is 5.30. The van der Waals surface area contributed by atoms with Gasteiger partial charge in [-0.15, -0.1) is 11.3 Å². The Morgan fingerprint density at radius 2 is 1.78 bits per heavy atom. The molecule has 6 aromatic rings. The highest BCUT2D eigenvalue weighted by Crippen LogP contribution is 2.37. The van der Waals surface area contributed by atoms with Crippen LogP contribution in [0.1, 0.15) is 16.8 Å². The van der Waals surface area contributed by atoms with E-state index in [-0.39, 0.29) is 0 Å². The highest BCUT2D eigenvalue weighted by atomic mass is 32.1. The van der Waals surface area contributed by atoms with E-state index in [1.807, 2.05) is 61.7 Å². The molecule has 0 spiro atoms. The minimum atomic E-state index is 0.399. The van der Waals surface area contributed by atoms with Crippen molar-refractivity contribution in [1.82, 2.24) is 24.9 Å². The van der Waals surface area contributed by atoms with Crippen molar-refractivity contribution >= 4 is 32.6 Å². The Bertz CT molecular complexity index is 1710. The number of H-pyrrole nitrogens is 1. The molecule has 8 heteroatoms. The van der Waals surface area contributed by atoms with Gasteiger partial charge in [0, 0.05) is 11.1 Å². The zero-order valence-electron chi connectivity index (χ0n) is 20.1. The third kappa shape index (κ3) is 4.16.